The number of carbonyl (C=O) groups excluding carboxylic acids is 1. The van der Waals surface area contributed by atoms with Crippen molar-refractivity contribution in [3.05, 3.63) is 41.1 Å². The maximum Gasteiger partial charge on any atom is 0.407 e. The Morgan fingerprint density at radius 2 is 1.91 bits per heavy atom. The quantitative estimate of drug-likeness (QED) is 0.576. The number of ether oxygens (including phenoxy) is 2. The molecule has 2 N–H and O–H groups in total. The fourth-order valence-corrected chi connectivity index (χ4v) is 5.51. The molecule has 0 unspecified atom stereocenters. The van der Waals surface area contributed by atoms with E-state index >= 15 is 0 Å². The van der Waals surface area contributed by atoms with E-state index in [1.54, 1.807) is 0 Å². The summed E-state index contributed by atoms with van der Waals surface area (Å²) in [5.74, 6) is 0.389. The van der Waals surface area contributed by atoms with Crippen molar-refractivity contribution in [2.45, 2.75) is 75.9 Å². The fourth-order valence-electron chi connectivity index (χ4n) is 5.51. The number of carbonyl (C=O) groups is 2. The summed E-state index contributed by atoms with van der Waals surface area (Å²) in [5.41, 5.74) is 2.98. The van der Waals surface area contributed by atoms with Gasteiger partial charge < -0.3 is 24.4 Å². The van der Waals surface area contributed by atoms with Crippen molar-refractivity contribution in [1.29, 1.82) is 0 Å². The van der Waals surface area contributed by atoms with Gasteiger partial charge in [0.1, 0.15) is 6.61 Å². The van der Waals surface area contributed by atoms with E-state index in [2.05, 4.69) is 22.6 Å². The molecule has 8 nitrogen and oxygen atoms in total. The first-order valence-corrected chi connectivity index (χ1v) is 12.2. The Kier molecular flexibility index (Phi) is 6.10. The van der Waals surface area contributed by atoms with Gasteiger partial charge in [-0.1, -0.05) is 35.8 Å². The van der Waals surface area contributed by atoms with Gasteiger partial charge in [0.15, 0.2) is 5.76 Å². The topological polar surface area (TPSA) is 111 Å². The Morgan fingerprint density at radius 1 is 1.18 bits per heavy atom. The molecule has 4 fully saturated rings. The van der Waals surface area contributed by atoms with E-state index in [1.807, 2.05) is 19.1 Å². The zero-order valence-electron chi connectivity index (χ0n) is 19.6. The van der Waals surface area contributed by atoms with E-state index in [-0.39, 0.29) is 18.4 Å². The number of carboxylic acid groups (broad SMARTS) is 1. The SMILES string of the molecule is Cc1noc(-c2ccc(C34CCC(CC(=O)O)(CC3)OC4)cc2)c1COC(=O)NCC1CCC1. The second-order valence-corrected chi connectivity index (χ2v) is 10.2. The van der Waals surface area contributed by atoms with Gasteiger partial charge in [-0.15, -0.1) is 0 Å². The van der Waals surface area contributed by atoms with E-state index < -0.39 is 17.7 Å². The molecule has 4 aliphatic rings. The first kappa shape index (κ1) is 22.9. The van der Waals surface area contributed by atoms with Crippen molar-refractivity contribution in [2.24, 2.45) is 5.92 Å². The van der Waals surface area contributed by atoms with Gasteiger partial charge in [0.05, 0.1) is 29.9 Å². The van der Waals surface area contributed by atoms with Crippen LogP contribution in [0.3, 0.4) is 0 Å². The largest absolute Gasteiger partial charge is 0.481 e. The van der Waals surface area contributed by atoms with Crippen LogP contribution in [0.15, 0.2) is 28.8 Å². The van der Waals surface area contributed by atoms with E-state index in [0.717, 1.165) is 36.8 Å². The van der Waals surface area contributed by atoms with Gasteiger partial charge in [-0.05, 0) is 56.9 Å². The first-order chi connectivity index (χ1) is 16.4. The van der Waals surface area contributed by atoms with Crippen molar-refractivity contribution in [1.82, 2.24) is 10.5 Å². The second-order valence-electron chi connectivity index (χ2n) is 10.2. The summed E-state index contributed by atoms with van der Waals surface area (Å²) >= 11 is 0. The van der Waals surface area contributed by atoms with Gasteiger partial charge in [0.25, 0.3) is 0 Å². The van der Waals surface area contributed by atoms with Gasteiger partial charge >= 0.3 is 12.1 Å². The minimum absolute atomic E-state index is 0.0689. The third kappa shape index (κ3) is 4.43. The van der Waals surface area contributed by atoms with Crippen molar-refractivity contribution >= 4 is 12.1 Å². The number of nitrogens with zero attached hydrogens (tertiary/aromatic N) is 1. The van der Waals surface area contributed by atoms with Gasteiger partial charge in [0.2, 0.25) is 0 Å². The zero-order valence-corrected chi connectivity index (χ0v) is 19.6. The summed E-state index contributed by atoms with van der Waals surface area (Å²) in [7, 11) is 0. The number of hydrogen-bond donors (Lipinski definition) is 2. The van der Waals surface area contributed by atoms with Gasteiger partial charge in [-0.3, -0.25) is 4.79 Å². The van der Waals surface area contributed by atoms with Crippen LogP contribution in [0.25, 0.3) is 11.3 Å². The van der Waals surface area contributed by atoms with Crippen LogP contribution >= 0.6 is 0 Å². The number of fused-ring (bicyclic) bond motifs is 3. The van der Waals surface area contributed by atoms with Crippen LogP contribution in [0.4, 0.5) is 4.79 Å². The standard InChI is InChI=1S/C26H32N2O6/c1-17-21(15-32-24(31)27-14-18-3-2-4-18)23(34-28-17)19-5-7-20(8-6-19)25-9-11-26(12-10-25,33-16-25)13-22(29)30/h5-8,18H,2-4,9-16H2,1H3,(H,27,31)(H,29,30). The van der Waals surface area contributed by atoms with E-state index in [1.165, 1.54) is 24.8 Å². The lowest BCUT2D eigenvalue weighted by atomic mass is 9.62. The second kappa shape index (κ2) is 9.06. The minimum Gasteiger partial charge on any atom is -0.481 e. The van der Waals surface area contributed by atoms with Crippen molar-refractivity contribution < 1.29 is 28.7 Å². The summed E-state index contributed by atoms with van der Waals surface area (Å²) in [6.07, 6.45) is 6.63. The molecule has 2 bridgehead atoms. The molecule has 6 rings (SSSR count). The number of alkyl carbamates (subject to hydrolysis) is 1. The number of aryl methyl sites for hydroxylation is 1. The Morgan fingerprint density at radius 3 is 2.50 bits per heavy atom. The van der Waals surface area contributed by atoms with Gasteiger partial charge in [-0.25, -0.2) is 4.79 Å². The van der Waals surface area contributed by atoms with Crippen molar-refractivity contribution in [3.8, 4) is 11.3 Å². The summed E-state index contributed by atoms with van der Waals surface area (Å²) in [6, 6.07) is 8.22. The summed E-state index contributed by atoms with van der Waals surface area (Å²) in [4.78, 5) is 23.3. The highest BCUT2D eigenvalue weighted by atomic mass is 16.5. The van der Waals surface area contributed by atoms with E-state index in [0.29, 0.717) is 30.5 Å². The van der Waals surface area contributed by atoms with Crippen LogP contribution in [-0.2, 0) is 26.3 Å². The smallest absolute Gasteiger partial charge is 0.407 e. The number of benzene rings is 1. The molecule has 2 aromatic rings. The van der Waals surface area contributed by atoms with Crippen molar-refractivity contribution in [2.75, 3.05) is 13.2 Å². The molecule has 0 radical (unpaired) electrons. The third-order valence-electron chi connectivity index (χ3n) is 8.10. The fraction of sp³-hybridized carbons (Fsp3) is 0.577. The molecule has 3 heterocycles. The molecule has 2 saturated heterocycles. The molecule has 2 aliphatic heterocycles. The van der Waals surface area contributed by atoms with Gasteiger partial charge in [-0.2, -0.15) is 0 Å². The van der Waals surface area contributed by atoms with Crippen LogP contribution in [0.5, 0.6) is 0 Å². The zero-order chi connectivity index (χ0) is 23.8. The highest BCUT2D eigenvalue weighted by Gasteiger charge is 2.51. The number of carboxylic acids is 1. The molecule has 1 amide bonds. The lowest BCUT2D eigenvalue weighted by Gasteiger charge is -2.53. The summed E-state index contributed by atoms with van der Waals surface area (Å²) < 4.78 is 17.1. The minimum atomic E-state index is -0.795. The molecule has 1 aromatic carbocycles. The Labute approximate surface area is 199 Å². The van der Waals surface area contributed by atoms with Crippen LogP contribution in [0, 0.1) is 12.8 Å². The molecule has 1 aromatic heterocycles. The maximum absolute atomic E-state index is 12.1. The number of rotatable bonds is 8. The average Bonchev–Trinajstić information content (AvgIpc) is 3.17. The number of amides is 1. The third-order valence-corrected chi connectivity index (χ3v) is 8.10. The normalized spacial score (nSPS) is 26.1. The number of hydrogen-bond acceptors (Lipinski definition) is 6. The number of aromatic nitrogens is 1. The van der Waals surface area contributed by atoms with Crippen LogP contribution in [0.2, 0.25) is 0 Å². The summed E-state index contributed by atoms with van der Waals surface area (Å²) in [6.45, 7) is 3.16. The van der Waals surface area contributed by atoms with E-state index in [9.17, 15) is 14.7 Å². The lowest BCUT2D eigenvalue weighted by molar-refractivity contribution is -0.174. The molecule has 0 atom stereocenters. The molecular weight excluding hydrogens is 436 g/mol. The predicted octanol–water partition coefficient (Wildman–Crippen LogP) is 4.73. The molecule has 0 spiro atoms. The number of aliphatic carboxylic acids is 1. The highest BCUT2D eigenvalue weighted by Crippen LogP contribution is 2.51. The molecule has 34 heavy (non-hydrogen) atoms. The monoisotopic (exact) mass is 468 g/mol. The van der Waals surface area contributed by atoms with Crippen LogP contribution < -0.4 is 5.32 Å². The Balaban J connectivity index is 1.24. The molecule has 8 heteroatoms. The lowest BCUT2D eigenvalue weighted by Crippen LogP contribution is -2.54. The maximum atomic E-state index is 12.1. The molecule has 2 saturated carbocycles. The predicted molar refractivity (Wildman–Crippen MR) is 123 cm³/mol. The van der Waals surface area contributed by atoms with Crippen molar-refractivity contribution in [3.63, 3.8) is 0 Å². The van der Waals surface area contributed by atoms with Crippen LogP contribution in [0.1, 0.15) is 68.2 Å². The van der Waals surface area contributed by atoms with Crippen LogP contribution in [-0.4, -0.2) is 41.1 Å². The number of nitrogens with one attached hydrogen (secondary N) is 1. The average molecular weight is 469 g/mol. The van der Waals surface area contributed by atoms with E-state index in [4.69, 9.17) is 14.0 Å². The molecule has 2 aliphatic carbocycles. The van der Waals surface area contributed by atoms with Gasteiger partial charge in [0, 0.05) is 17.5 Å². The Hall–Kier alpha value is -2.87. The first-order valence-electron chi connectivity index (χ1n) is 12.2. The Bertz CT molecular complexity index is 1030. The molecular formula is C26H32N2O6. The highest BCUT2D eigenvalue weighted by molar-refractivity contribution is 5.69. The summed E-state index contributed by atoms with van der Waals surface area (Å²) in [5, 5.41) is 16.2. The molecule has 182 valence electrons.